The molecule has 1 rings (SSSR count). The molecule has 0 heterocycles. The molecular formula is C13H17N3O. The summed E-state index contributed by atoms with van der Waals surface area (Å²) in [6, 6.07) is 9.19. The number of benzene rings is 1. The molecule has 4 heteroatoms. The van der Waals surface area contributed by atoms with Crippen molar-refractivity contribution in [2.24, 2.45) is 10.7 Å². The summed E-state index contributed by atoms with van der Waals surface area (Å²) in [5, 5.41) is 2.49. The Bertz CT molecular complexity index is 410. The molecule has 0 fully saturated rings. The molecule has 0 bridgehead atoms. The smallest absolute Gasteiger partial charge is 0.317 e. The van der Waals surface area contributed by atoms with Crippen molar-refractivity contribution in [2.45, 2.75) is 13.3 Å². The summed E-state index contributed by atoms with van der Waals surface area (Å²) in [7, 11) is 0. The van der Waals surface area contributed by atoms with Crippen LogP contribution in [0.25, 0.3) is 6.08 Å². The van der Waals surface area contributed by atoms with E-state index < -0.39 is 6.03 Å². The molecule has 0 aliphatic heterocycles. The van der Waals surface area contributed by atoms with Crippen LogP contribution in [0.15, 0.2) is 41.4 Å². The monoisotopic (exact) mass is 231 g/mol. The molecule has 0 radical (unpaired) electrons. The van der Waals surface area contributed by atoms with E-state index in [1.807, 2.05) is 43.3 Å². The lowest BCUT2D eigenvalue weighted by atomic mass is 10.2. The number of amidine groups is 1. The van der Waals surface area contributed by atoms with Crippen LogP contribution in [0.1, 0.15) is 18.9 Å². The van der Waals surface area contributed by atoms with Crippen LogP contribution < -0.4 is 11.1 Å². The third kappa shape index (κ3) is 5.51. The Labute approximate surface area is 101 Å². The second-order valence-corrected chi connectivity index (χ2v) is 3.50. The van der Waals surface area contributed by atoms with Crippen LogP contribution in [0.3, 0.4) is 0 Å². The van der Waals surface area contributed by atoms with E-state index in [0.29, 0.717) is 12.4 Å². The van der Waals surface area contributed by atoms with Crippen molar-refractivity contribution in [1.29, 1.82) is 0 Å². The molecule has 1 aromatic carbocycles. The first-order chi connectivity index (χ1) is 8.22. The zero-order valence-corrected chi connectivity index (χ0v) is 9.89. The van der Waals surface area contributed by atoms with Crippen LogP contribution in [0.5, 0.6) is 0 Å². The van der Waals surface area contributed by atoms with Crippen LogP contribution in [-0.4, -0.2) is 18.4 Å². The second kappa shape index (κ2) is 7.22. The maximum absolute atomic E-state index is 10.8. The predicted octanol–water partition coefficient (Wildman–Crippen LogP) is 2.18. The van der Waals surface area contributed by atoms with Crippen LogP contribution in [0.4, 0.5) is 4.79 Å². The molecule has 0 spiro atoms. The van der Waals surface area contributed by atoms with E-state index in [0.717, 1.165) is 12.0 Å². The highest BCUT2D eigenvalue weighted by molar-refractivity contribution is 6.05. The molecule has 2 amide bonds. The molecular weight excluding hydrogens is 214 g/mol. The summed E-state index contributed by atoms with van der Waals surface area (Å²) in [5.41, 5.74) is 6.11. The fraction of sp³-hybridized carbons (Fsp3) is 0.231. The van der Waals surface area contributed by atoms with Crippen molar-refractivity contribution >= 4 is 17.9 Å². The minimum Gasteiger partial charge on any atom is -0.351 e. The van der Waals surface area contributed by atoms with Crippen LogP contribution in [0, 0.1) is 0 Å². The van der Waals surface area contributed by atoms with Gasteiger partial charge in [-0.05, 0) is 18.1 Å². The zero-order chi connectivity index (χ0) is 12.5. The van der Waals surface area contributed by atoms with E-state index in [1.165, 1.54) is 0 Å². The number of rotatable bonds is 4. The molecule has 0 aliphatic rings. The number of amides is 2. The number of nitrogens with one attached hydrogen (secondary N) is 1. The average Bonchev–Trinajstić information content (AvgIpc) is 2.33. The van der Waals surface area contributed by atoms with E-state index >= 15 is 0 Å². The van der Waals surface area contributed by atoms with E-state index in [9.17, 15) is 4.79 Å². The number of urea groups is 1. The van der Waals surface area contributed by atoms with Gasteiger partial charge in [0.25, 0.3) is 0 Å². The predicted molar refractivity (Wildman–Crippen MR) is 70.8 cm³/mol. The van der Waals surface area contributed by atoms with Crippen molar-refractivity contribution in [1.82, 2.24) is 5.32 Å². The number of nitrogens with two attached hydrogens (primary N) is 1. The first-order valence-corrected chi connectivity index (χ1v) is 5.56. The van der Waals surface area contributed by atoms with Gasteiger partial charge in [0.1, 0.15) is 5.84 Å². The lowest BCUT2D eigenvalue weighted by Gasteiger charge is -2.01. The summed E-state index contributed by atoms with van der Waals surface area (Å²) in [6.07, 6.45) is 4.54. The number of carbonyl (C=O) groups is 1. The summed E-state index contributed by atoms with van der Waals surface area (Å²) < 4.78 is 0. The molecule has 0 aromatic heterocycles. The minimum atomic E-state index is -0.599. The van der Waals surface area contributed by atoms with Gasteiger partial charge in [-0.2, -0.15) is 0 Å². The van der Waals surface area contributed by atoms with Gasteiger partial charge in [-0.15, -0.1) is 0 Å². The van der Waals surface area contributed by atoms with E-state index in [1.54, 1.807) is 6.08 Å². The van der Waals surface area contributed by atoms with Crippen molar-refractivity contribution in [3.8, 4) is 0 Å². The Balaban J connectivity index is 2.72. The fourth-order valence-electron chi connectivity index (χ4n) is 1.23. The van der Waals surface area contributed by atoms with Gasteiger partial charge in [-0.25, -0.2) is 4.79 Å². The number of hydrogen-bond donors (Lipinski definition) is 2. The van der Waals surface area contributed by atoms with Gasteiger partial charge >= 0.3 is 6.03 Å². The maximum Gasteiger partial charge on any atom is 0.317 e. The highest BCUT2D eigenvalue weighted by atomic mass is 16.2. The van der Waals surface area contributed by atoms with Gasteiger partial charge in [-0.1, -0.05) is 43.3 Å². The Morgan fingerprint density at radius 2 is 2.12 bits per heavy atom. The molecule has 3 N–H and O–H groups in total. The van der Waals surface area contributed by atoms with Gasteiger partial charge in [0.05, 0.1) is 0 Å². The second-order valence-electron chi connectivity index (χ2n) is 3.50. The largest absolute Gasteiger partial charge is 0.351 e. The lowest BCUT2D eigenvalue weighted by Crippen LogP contribution is -2.34. The summed E-state index contributed by atoms with van der Waals surface area (Å²) in [5.74, 6) is 0.489. The highest BCUT2D eigenvalue weighted by Crippen LogP contribution is 2.00. The van der Waals surface area contributed by atoms with Gasteiger partial charge in [-0.3, -0.25) is 10.3 Å². The van der Waals surface area contributed by atoms with Crippen molar-refractivity contribution in [2.75, 3.05) is 6.54 Å². The van der Waals surface area contributed by atoms with Crippen molar-refractivity contribution in [3.63, 3.8) is 0 Å². The van der Waals surface area contributed by atoms with E-state index in [4.69, 9.17) is 5.73 Å². The topological polar surface area (TPSA) is 67.5 Å². The van der Waals surface area contributed by atoms with Crippen LogP contribution >= 0.6 is 0 Å². The molecule has 0 aliphatic carbocycles. The van der Waals surface area contributed by atoms with Gasteiger partial charge in [0.15, 0.2) is 0 Å². The van der Waals surface area contributed by atoms with Gasteiger partial charge < -0.3 is 5.73 Å². The lowest BCUT2D eigenvalue weighted by molar-refractivity contribution is 0.253. The molecule has 17 heavy (non-hydrogen) atoms. The number of nitrogens with zero attached hydrogens (tertiary/aromatic N) is 1. The first kappa shape index (κ1) is 13.0. The quantitative estimate of drug-likeness (QED) is 0.605. The third-order valence-electron chi connectivity index (χ3n) is 1.99. The molecule has 0 saturated carbocycles. The number of aliphatic imine (C=N–C) groups is 1. The number of carbonyl (C=O) groups excluding carboxylic acids is 1. The minimum absolute atomic E-state index is 0.489. The SMILES string of the molecule is CCCN=C(/C=C/c1ccccc1)NC(N)=O. The molecule has 0 unspecified atom stereocenters. The highest BCUT2D eigenvalue weighted by Gasteiger charge is 1.96. The molecule has 90 valence electrons. The molecule has 0 atom stereocenters. The Kier molecular flexibility index (Phi) is 5.51. The summed E-state index contributed by atoms with van der Waals surface area (Å²) in [6.45, 7) is 2.68. The number of hydrogen-bond acceptors (Lipinski definition) is 2. The maximum atomic E-state index is 10.8. The standard InChI is InChI=1S/C13H17N3O/c1-2-10-15-12(16-13(14)17)9-8-11-6-4-3-5-7-11/h3-9H,2,10H2,1H3,(H3,14,15,16,17)/b9-8+. The summed E-state index contributed by atoms with van der Waals surface area (Å²) >= 11 is 0. The summed E-state index contributed by atoms with van der Waals surface area (Å²) in [4.78, 5) is 15.0. The van der Waals surface area contributed by atoms with Gasteiger partial charge in [0.2, 0.25) is 0 Å². The third-order valence-corrected chi connectivity index (χ3v) is 1.99. The Morgan fingerprint density at radius 1 is 1.41 bits per heavy atom. The van der Waals surface area contributed by atoms with Crippen LogP contribution in [-0.2, 0) is 0 Å². The fourth-order valence-corrected chi connectivity index (χ4v) is 1.23. The normalized spacial score (nSPS) is 11.7. The molecule has 4 nitrogen and oxygen atoms in total. The van der Waals surface area contributed by atoms with Crippen LogP contribution in [0.2, 0.25) is 0 Å². The van der Waals surface area contributed by atoms with Gasteiger partial charge in [0, 0.05) is 6.54 Å². The Morgan fingerprint density at radius 3 is 2.71 bits per heavy atom. The van der Waals surface area contributed by atoms with Crippen molar-refractivity contribution < 1.29 is 4.79 Å². The zero-order valence-electron chi connectivity index (χ0n) is 9.89. The number of primary amides is 1. The average molecular weight is 231 g/mol. The molecule has 0 saturated heterocycles. The molecule has 1 aromatic rings. The van der Waals surface area contributed by atoms with Crippen molar-refractivity contribution in [3.05, 3.63) is 42.0 Å². The van der Waals surface area contributed by atoms with E-state index in [2.05, 4.69) is 10.3 Å². The van der Waals surface area contributed by atoms with E-state index in [-0.39, 0.29) is 0 Å². The Hall–Kier alpha value is -2.10. The first-order valence-electron chi connectivity index (χ1n) is 5.56.